The van der Waals surface area contributed by atoms with Gasteiger partial charge in [0.25, 0.3) is 0 Å². The van der Waals surface area contributed by atoms with Crippen molar-refractivity contribution in [1.29, 1.82) is 0 Å². The van der Waals surface area contributed by atoms with Crippen LogP contribution in [0.5, 0.6) is 0 Å². The van der Waals surface area contributed by atoms with Gasteiger partial charge < -0.3 is 5.32 Å². The van der Waals surface area contributed by atoms with E-state index in [1.807, 2.05) is 48.5 Å². The summed E-state index contributed by atoms with van der Waals surface area (Å²) in [6, 6.07) is 15.1. The molecule has 6 nitrogen and oxygen atoms in total. The maximum atomic E-state index is 12.9. The van der Waals surface area contributed by atoms with E-state index in [0.717, 1.165) is 11.3 Å². The summed E-state index contributed by atoms with van der Waals surface area (Å²) in [5.41, 5.74) is 1.75. The van der Waals surface area contributed by atoms with Crippen molar-refractivity contribution in [2.75, 3.05) is 18.8 Å². The second kappa shape index (κ2) is 8.63. The fraction of sp³-hybridized carbons (Fsp3) is 0.400. The van der Waals surface area contributed by atoms with E-state index >= 15 is 0 Å². The van der Waals surface area contributed by atoms with Crippen LogP contribution in [0.1, 0.15) is 37.1 Å². The van der Waals surface area contributed by atoms with Gasteiger partial charge in [-0.3, -0.25) is 9.78 Å². The molecule has 1 N–H and O–H groups in total. The predicted molar refractivity (Wildman–Crippen MR) is 104 cm³/mol. The minimum Gasteiger partial charge on any atom is -0.343 e. The molecule has 0 aliphatic carbocycles. The van der Waals surface area contributed by atoms with Gasteiger partial charge in [-0.1, -0.05) is 36.4 Å². The van der Waals surface area contributed by atoms with Crippen molar-refractivity contribution in [2.24, 2.45) is 5.92 Å². The summed E-state index contributed by atoms with van der Waals surface area (Å²) >= 11 is 0. The van der Waals surface area contributed by atoms with E-state index < -0.39 is 10.0 Å². The Balaban J connectivity index is 1.71. The van der Waals surface area contributed by atoms with Gasteiger partial charge in [0.2, 0.25) is 15.9 Å². The van der Waals surface area contributed by atoms with Crippen molar-refractivity contribution in [3.8, 4) is 0 Å². The van der Waals surface area contributed by atoms with Gasteiger partial charge in [-0.05, 0) is 37.5 Å². The molecular weight excluding hydrogens is 362 g/mol. The summed E-state index contributed by atoms with van der Waals surface area (Å²) in [5, 5.41) is 3.12. The van der Waals surface area contributed by atoms with Crippen LogP contribution < -0.4 is 5.32 Å². The number of benzene rings is 1. The quantitative estimate of drug-likeness (QED) is 0.825. The first-order valence-corrected chi connectivity index (χ1v) is 10.9. The predicted octanol–water partition coefficient (Wildman–Crippen LogP) is 2.35. The molecule has 144 valence electrons. The van der Waals surface area contributed by atoms with Crippen LogP contribution in [0.15, 0.2) is 54.7 Å². The van der Waals surface area contributed by atoms with Crippen LogP contribution in [0.2, 0.25) is 0 Å². The molecule has 0 spiro atoms. The molecule has 1 aliphatic heterocycles. The first kappa shape index (κ1) is 19.5. The lowest BCUT2D eigenvalue weighted by Gasteiger charge is -2.31. The average Bonchev–Trinajstić information content (AvgIpc) is 2.73. The van der Waals surface area contributed by atoms with Gasteiger partial charge in [-0.25, -0.2) is 12.7 Å². The number of aromatic nitrogens is 1. The second-order valence-corrected chi connectivity index (χ2v) is 8.94. The lowest BCUT2D eigenvalue weighted by Crippen LogP contribution is -2.44. The number of hydrogen-bond donors (Lipinski definition) is 1. The minimum atomic E-state index is -3.19. The van der Waals surface area contributed by atoms with Crippen LogP contribution in [0, 0.1) is 5.92 Å². The van der Waals surface area contributed by atoms with Gasteiger partial charge in [0.15, 0.2) is 0 Å². The highest BCUT2D eigenvalue weighted by Crippen LogP contribution is 2.24. The fourth-order valence-electron chi connectivity index (χ4n) is 3.36. The molecule has 1 aliphatic rings. The van der Waals surface area contributed by atoms with E-state index in [0.29, 0.717) is 25.9 Å². The Morgan fingerprint density at radius 1 is 1.15 bits per heavy atom. The Hall–Kier alpha value is -2.25. The zero-order chi connectivity index (χ0) is 19.3. The molecule has 1 atom stereocenters. The van der Waals surface area contributed by atoms with Crippen LogP contribution in [0.3, 0.4) is 0 Å². The third kappa shape index (κ3) is 4.73. The summed E-state index contributed by atoms with van der Waals surface area (Å²) in [7, 11) is -3.19. The number of nitrogens with one attached hydrogen (secondary N) is 1. The highest BCUT2D eigenvalue weighted by atomic mass is 32.2. The monoisotopic (exact) mass is 387 g/mol. The van der Waals surface area contributed by atoms with Gasteiger partial charge >= 0.3 is 0 Å². The van der Waals surface area contributed by atoms with Crippen molar-refractivity contribution < 1.29 is 13.2 Å². The minimum absolute atomic E-state index is 0.0527. The van der Waals surface area contributed by atoms with Crippen molar-refractivity contribution in [3.05, 3.63) is 66.0 Å². The van der Waals surface area contributed by atoms with E-state index in [2.05, 4.69) is 10.3 Å². The number of pyridine rings is 1. The summed E-state index contributed by atoms with van der Waals surface area (Å²) in [6.45, 7) is 2.44. The third-order valence-corrected chi connectivity index (χ3v) is 6.87. The Morgan fingerprint density at radius 3 is 2.41 bits per heavy atom. The Bertz CT molecular complexity index is 809. The van der Waals surface area contributed by atoms with E-state index in [1.54, 1.807) is 13.1 Å². The molecule has 1 amide bonds. The van der Waals surface area contributed by atoms with Gasteiger partial charge in [0, 0.05) is 25.2 Å². The van der Waals surface area contributed by atoms with Gasteiger partial charge in [-0.15, -0.1) is 0 Å². The molecule has 7 heteroatoms. The Kier molecular flexibility index (Phi) is 6.23. The largest absolute Gasteiger partial charge is 0.343 e. The lowest BCUT2D eigenvalue weighted by atomic mass is 9.95. The molecule has 1 saturated heterocycles. The summed E-state index contributed by atoms with van der Waals surface area (Å²) in [5.74, 6) is -0.147. The van der Waals surface area contributed by atoms with Crippen LogP contribution in [0.25, 0.3) is 0 Å². The molecule has 1 aromatic heterocycles. The highest BCUT2D eigenvalue weighted by molar-refractivity contribution is 7.89. The molecule has 0 saturated carbocycles. The maximum absolute atomic E-state index is 12.9. The van der Waals surface area contributed by atoms with Crippen molar-refractivity contribution >= 4 is 15.9 Å². The van der Waals surface area contributed by atoms with Gasteiger partial charge in [-0.2, -0.15) is 0 Å². The molecule has 2 aromatic rings. The molecule has 2 heterocycles. The number of carbonyl (C=O) groups excluding carboxylic acids is 1. The van der Waals surface area contributed by atoms with Gasteiger partial charge in [0.1, 0.15) is 0 Å². The molecule has 1 aromatic carbocycles. The molecule has 1 fully saturated rings. The molecule has 0 bridgehead atoms. The third-order valence-electron chi connectivity index (χ3n) is 4.99. The molecule has 1 unspecified atom stereocenters. The zero-order valence-corrected chi connectivity index (χ0v) is 16.2. The molecule has 0 radical (unpaired) electrons. The van der Waals surface area contributed by atoms with Crippen LogP contribution in [0.4, 0.5) is 0 Å². The van der Waals surface area contributed by atoms with Crippen molar-refractivity contribution in [1.82, 2.24) is 14.6 Å². The summed E-state index contributed by atoms with van der Waals surface area (Å²) in [4.78, 5) is 17.3. The summed E-state index contributed by atoms with van der Waals surface area (Å²) < 4.78 is 25.5. The van der Waals surface area contributed by atoms with Crippen molar-refractivity contribution in [3.63, 3.8) is 0 Å². The molecular formula is C20H25N3O3S. The number of nitrogens with zero attached hydrogens (tertiary/aromatic N) is 2. The zero-order valence-electron chi connectivity index (χ0n) is 15.4. The highest BCUT2D eigenvalue weighted by Gasteiger charge is 2.31. The molecule has 27 heavy (non-hydrogen) atoms. The number of carbonyl (C=O) groups is 1. The first-order valence-electron chi connectivity index (χ1n) is 9.25. The van der Waals surface area contributed by atoms with E-state index in [1.165, 1.54) is 4.31 Å². The van der Waals surface area contributed by atoms with Crippen LogP contribution in [-0.4, -0.2) is 42.5 Å². The fourth-order valence-corrected chi connectivity index (χ4v) is 4.49. The van der Waals surface area contributed by atoms with Crippen LogP contribution in [-0.2, 0) is 14.8 Å². The van der Waals surface area contributed by atoms with Crippen molar-refractivity contribution in [2.45, 2.75) is 25.8 Å². The van der Waals surface area contributed by atoms with E-state index in [9.17, 15) is 13.2 Å². The standard InChI is InChI=1S/C20H25N3O3S/c1-2-27(25,26)23-14-11-17(12-15-23)20(24)22-19(16-8-4-3-5-9-16)18-10-6-7-13-21-18/h3-10,13,17,19H,2,11-12,14-15H2,1H3,(H,22,24). The second-order valence-electron chi connectivity index (χ2n) is 6.68. The number of piperidine rings is 1. The first-order chi connectivity index (χ1) is 13.0. The topological polar surface area (TPSA) is 79.4 Å². The Morgan fingerprint density at radius 2 is 1.81 bits per heavy atom. The normalized spacial score (nSPS) is 17.4. The van der Waals surface area contributed by atoms with Crippen LogP contribution >= 0.6 is 0 Å². The number of hydrogen-bond acceptors (Lipinski definition) is 4. The number of rotatable bonds is 6. The van der Waals surface area contributed by atoms with E-state index in [4.69, 9.17) is 0 Å². The maximum Gasteiger partial charge on any atom is 0.224 e. The van der Waals surface area contributed by atoms with E-state index in [-0.39, 0.29) is 23.6 Å². The molecule has 3 rings (SSSR count). The SMILES string of the molecule is CCS(=O)(=O)N1CCC(C(=O)NC(c2ccccc2)c2ccccn2)CC1. The van der Waals surface area contributed by atoms with Gasteiger partial charge in [0.05, 0.1) is 17.5 Å². The summed E-state index contributed by atoms with van der Waals surface area (Å²) in [6.07, 6.45) is 2.79. The Labute approximate surface area is 160 Å². The lowest BCUT2D eigenvalue weighted by molar-refractivity contribution is -0.126. The average molecular weight is 388 g/mol. The number of amides is 1. The number of sulfonamides is 1. The smallest absolute Gasteiger partial charge is 0.224 e.